The number of amides is 2. The van der Waals surface area contributed by atoms with E-state index in [-0.39, 0.29) is 17.2 Å². The fourth-order valence-corrected chi connectivity index (χ4v) is 4.80. The first-order valence-electron chi connectivity index (χ1n) is 10.6. The molecule has 0 atom stereocenters. The SMILES string of the molecule is Cc1cccc(N2CCN(CCC(=O)N3CCC4(CC3)CNC(=O)C4)CC2)c1. The lowest BCUT2D eigenvalue weighted by atomic mass is 9.77. The molecule has 28 heavy (non-hydrogen) atoms. The number of nitrogens with one attached hydrogen (secondary N) is 1. The minimum absolute atomic E-state index is 0.111. The number of piperidine rings is 1. The number of rotatable bonds is 4. The van der Waals surface area contributed by atoms with Crippen molar-refractivity contribution in [2.24, 2.45) is 5.41 Å². The Morgan fingerprint density at radius 1 is 1.11 bits per heavy atom. The van der Waals surface area contributed by atoms with Gasteiger partial charge in [0.25, 0.3) is 0 Å². The summed E-state index contributed by atoms with van der Waals surface area (Å²) in [5.74, 6) is 0.442. The molecular weight excluding hydrogens is 352 g/mol. The molecule has 152 valence electrons. The predicted octanol–water partition coefficient (Wildman–Crippen LogP) is 1.64. The summed E-state index contributed by atoms with van der Waals surface area (Å²) in [7, 11) is 0. The van der Waals surface area contributed by atoms with E-state index in [9.17, 15) is 9.59 Å². The van der Waals surface area contributed by atoms with Gasteiger partial charge >= 0.3 is 0 Å². The van der Waals surface area contributed by atoms with E-state index in [0.29, 0.717) is 12.8 Å². The largest absolute Gasteiger partial charge is 0.369 e. The number of carbonyl (C=O) groups excluding carboxylic acids is 2. The Balaban J connectivity index is 1.18. The first kappa shape index (κ1) is 19.2. The van der Waals surface area contributed by atoms with E-state index in [4.69, 9.17) is 0 Å². The van der Waals surface area contributed by atoms with Crippen LogP contribution in [0.15, 0.2) is 24.3 Å². The maximum absolute atomic E-state index is 12.6. The van der Waals surface area contributed by atoms with Crippen molar-refractivity contribution in [1.29, 1.82) is 0 Å². The zero-order valence-corrected chi connectivity index (χ0v) is 17.0. The number of anilines is 1. The van der Waals surface area contributed by atoms with Crippen LogP contribution in [0.5, 0.6) is 0 Å². The van der Waals surface area contributed by atoms with Crippen molar-refractivity contribution < 1.29 is 9.59 Å². The van der Waals surface area contributed by atoms with Crippen LogP contribution in [-0.2, 0) is 9.59 Å². The van der Waals surface area contributed by atoms with E-state index in [1.165, 1.54) is 11.3 Å². The van der Waals surface area contributed by atoms with Crippen LogP contribution in [0.1, 0.15) is 31.2 Å². The molecule has 1 spiro atoms. The third kappa shape index (κ3) is 4.32. The number of piperazine rings is 1. The fraction of sp³-hybridized carbons (Fsp3) is 0.636. The Bertz CT molecular complexity index is 719. The molecule has 6 heteroatoms. The quantitative estimate of drug-likeness (QED) is 0.857. The summed E-state index contributed by atoms with van der Waals surface area (Å²) in [5, 5.41) is 2.96. The van der Waals surface area contributed by atoms with Crippen molar-refractivity contribution in [3.63, 3.8) is 0 Å². The zero-order chi connectivity index (χ0) is 19.6. The summed E-state index contributed by atoms with van der Waals surface area (Å²) < 4.78 is 0. The number of benzene rings is 1. The third-order valence-electron chi connectivity index (χ3n) is 6.75. The molecule has 3 fully saturated rings. The van der Waals surface area contributed by atoms with Crippen LogP contribution >= 0.6 is 0 Å². The van der Waals surface area contributed by atoms with E-state index in [2.05, 4.69) is 46.3 Å². The smallest absolute Gasteiger partial charge is 0.223 e. The van der Waals surface area contributed by atoms with Crippen LogP contribution in [0.2, 0.25) is 0 Å². The van der Waals surface area contributed by atoms with Gasteiger partial charge < -0.3 is 15.1 Å². The molecule has 0 bridgehead atoms. The maximum atomic E-state index is 12.6. The van der Waals surface area contributed by atoms with Gasteiger partial charge in [0.15, 0.2) is 0 Å². The summed E-state index contributed by atoms with van der Waals surface area (Å²) >= 11 is 0. The molecule has 2 amide bonds. The molecule has 1 aromatic carbocycles. The Morgan fingerprint density at radius 2 is 1.86 bits per heavy atom. The van der Waals surface area contributed by atoms with Gasteiger partial charge in [-0.15, -0.1) is 0 Å². The summed E-state index contributed by atoms with van der Waals surface area (Å²) in [4.78, 5) is 31.0. The first-order chi connectivity index (χ1) is 13.5. The molecule has 0 unspecified atom stereocenters. The highest BCUT2D eigenvalue weighted by Crippen LogP contribution is 2.37. The normalized spacial score (nSPS) is 22.5. The van der Waals surface area contributed by atoms with E-state index in [0.717, 1.165) is 65.2 Å². The van der Waals surface area contributed by atoms with Crippen LogP contribution in [0.25, 0.3) is 0 Å². The highest BCUT2D eigenvalue weighted by molar-refractivity contribution is 5.79. The molecule has 3 aliphatic rings. The van der Waals surface area contributed by atoms with Crippen LogP contribution in [0, 0.1) is 12.3 Å². The molecule has 1 aromatic rings. The van der Waals surface area contributed by atoms with Gasteiger partial charge in [0.2, 0.25) is 11.8 Å². The highest BCUT2D eigenvalue weighted by Gasteiger charge is 2.41. The zero-order valence-electron chi connectivity index (χ0n) is 17.0. The van der Waals surface area contributed by atoms with Gasteiger partial charge in [-0.3, -0.25) is 14.5 Å². The Labute approximate surface area is 167 Å². The lowest BCUT2D eigenvalue weighted by Crippen LogP contribution is -2.48. The third-order valence-corrected chi connectivity index (χ3v) is 6.75. The molecular formula is C22H32N4O2. The summed E-state index contributed by atoms with van der Waals surface area (Å²) in [5.41, 5.74) is 2.71. The number of aryl methyl sites for hydroxylation is 1. The van der Waals surface area contributed by atoms with Crippen molar-refractivity contribution in [3.05, 3.63) is 29.8 Å². The van der Waals surface area contributed by atoms with Crippen molar-refractivity contribution >= 4 is 17.5 Å². The standard InChI is InChI=1S/C22H32N4O2/c1-18-3-2-4-19(15-18)25-13-11-24(12-14-25)8-5-21(28)26-9-6-22(7-10-26)16-20(27)23-17-22/h2-4,15H,5-14,16-17H2,1H3,(H,23,27). The second kappa shape index (κ2) is 8.11. The predicted molar refractivity (Wildman–Crippen MR) is 110 cm³/mol. The maximum Gasteiger partial charge on any atom is 0.223 e. The molecule has 3 heterocycles. The van der Waals surface area contributed by atoms with Gasteiger partial charge in [0.05, 0.1) is 0 Å². The van der Waals surface area contributed by atoms with Crippen molar-refractivity contribution in [2.75, 3.05) is 57.3 Å². The summed E-state index contributed by atoms with van der Waals surface area (Å²) in [6.07, 6.45) is 3.15. The second-order valence-electron chi connectivity index (χ2n) is 8.75. The Morgan fingerprint density at radius 3 is 2.50 bits per heavy atom. The molecule has 4 rings (SSSR count). The van der Waals surface area contributed by atoms with Crippen molar-refractivity contribution in [1.82, 2.24) is 15.1 Å². The van der Waals surface area contributed by atoms with Gasteiger partial charge in [-0.25, -0.2) is 0 Å². The van der Waals surface area contributed by atoms with Crippen LogP contribution in [-0.4, -0.2) is 74.0 Å². The number of likely N-dealkylation sites (tertiary alicyclic amines) is 1. The second-order valence-corrected chi connectivity index (χ2v) is 8.75. The van der Waals surface area contributed by atoms with Gasteiger partial charge in [-0.2, -0.15) is 0 Å². The first-order valence-corrected chi connectivity index (χ1v) is 10.6. The average Bonchev–Trinajstić information content (AvgIpc) is 3.07. The van der Waals surface area contributed by atoms with E-state index < -0.39 is 0 Å². The molecule has 0 saturated carbocycles. The van der Waals surface area contributed by atoms with Gasteiger partial charge in [-0.05, 0) is 42.9 Å². The minimum atomic E-state index is 0.111. The average molecular weight is 385 g/mol. The van der Waals surface area contributed by atoms with E-state index in [1.54, 1.807) is 0 Å². The van der Waals surface area contributed by atoms with Crippen molar-refractivity contribution in [3.8, 4) is 0 Å². The van der Waals surface area contributed by atoms with Crippen LogP contribution in [0.4, 0.5) is 5.69 Å². The Hall–Kier alpha value is -2.08. The van der Waals surface area contributed by atoms with Crippen LogP contribution < -0.4 is 10.2 Å². The summed E-state index contributed by atoms with van der Waals surface area (Å²) in [6, 6.07) is 8.68. The number of hydrogen-bond acceptors (Lipinski definition) is 4. The lowest BCUT2D eigenvalue weighted by molar-refractivity contribution is -0.133. The lowest BCUT2D eigenvalue weighted by Gasteiger charge is -2.39. The molecule has 1 N–H and O–H groups in total. The topological polar surface area (TPSA) is 55.9 Å². The van der Waals surface area contributed by atoms with Gasteiger partial charge in [-0.1, -0.05) is 12.1 Å². The number of carbonyl (C=O) groups is 2. The van der Waals surface area contributed by atoms with Crippen LogP contribution in [0.3, 0.4) is 0 Å². The van der Waals surface area contributed by atoms with Crippen molar-refractivity contribution in [2.45, 2.75) is 32.6 Å². The summed E-state index contributed by atoms with van der Waals surface area (Å²) in [6.45, 7) is 9.44. The highest BCUT2D eigenvalue weighted by atomic mass is 16.2. The van der Waals surface area contributed by atoms with Gasteiger partial charge in [0.1, 0.15) is 0 Å². The molecule has 0 radical (unpaired) electrons. The number of nitrogens with zero attached hydrogens (tertiary/aromatic N) is 3. The van der Waals surface area contributed by atoms with E-state index in [1.807, 2.05) is 4.90 Å². The minimum Gasteiger partial charge on any atom is -0.369 e. The monoisotopic (exact) mass is 384 g/mol. The molecule has 3 aliphatic heterocycles. The Kier molecular flexibility index (Phi) is 5.58. The molecule has 6 nitrogen and oxygen atoms in total. The molecule has 3 saturated heterocycles. The van der Waals surface area contributed by atoms with Gasteiger partial charge in [0, 0.05) is 70.9 Å². The molecule has 0 aliphatic carbocycles. The molecule has 0 aromatic heterocycles. The number of hydrogen-bond donors (Lipinski definition) is 1. The fourth-order valence-electron chi connectivity index (χ4n) is 4.80. The van der Waals surface area contributed by atoms with E-state index >= 15 is 0 Å².